The number of hydrogen-bond acceptors (Lipinski definition) is 3. The summed E-state index contributed by atoms with van der Waals surface area (Å²) in [7, 11) is 0. The second-order valence-corrected chi connectivity index (χ2v) is 8.24. The topological polar surface area (TPSA) is 72.9 Å². The van der Waals surface area contributed by atoms with Crippen LogP contribution in [0.1, 0.15) is 66.7 Å². The third-order valence-electron chi connectivity index (χ3n) is 5.82. The maximum Gasteiger partial charge on any atom is 0.272 e. The summed E-state index contributed by atoms with van der Waals surface area (Å²) < 4.78 is 1.95. The molecule has 3 N–H and O–H groups in total. The average Bonchev–Trinajstić information content (AvgIpc) is 2.86. The lowest BCUT2D eigenvalue weighted by Gasteiger charge is -2.26. The minimum Gasteiger partial charge on any atom is -0.348 e. The number of amides is 1. The Morgan fingerprint density at radius 3 is 2.52 bits per heavy atom. The molecule has 0 aliphatic heterocycles. The molecule has 2 aromatic rings. The minimum absolute atomic E-state index is 0.0404. The molecule has 0 bridgehead atoms. The van der Waals surface area contributed by atoms with Crippen LogP contribution in [0.5, 0.6) is 0 Å². The van der Waals surface area contributed by atoms with Crippen molar-refractivity contribution in [3.05, 3.63) is 46.2 Å². The Labute approximate surface area is 165 Å². The summed E-state index contributed by atoms with van der Waals surface area (Å²) in [5.74, 6) is -0.0404. The van der Waals surface area contributed by atoms with E-state index < -0.39 is 0 Å². The van der Waals surface area contributed by atoms with Gasteiger partial charge in [-0.1, -0.05) is 18.0 Å². The van der Waals surface area contributed by atoms with Crippen molar-refractivity contribution in [3.63, 3.8) is 0 Å². The quantitative estimate of drug-likeness (QED) is 0.788. The molecule has 144 valence electrons. The predicted molar refractivity (Wildman–Crippen MR) is 108 cm³/mol. The highest BCUT2D eigenvalue weighted by Crippen LogP contribution is 2.27. The standard InChI is InChI=1S/C21H27ClN4O/c22-14-6-12-17(13-7-14)26-19-5-3-1-2-4-18(19)20(25-26)21(27)24-16-10-8-15(23)9-11-16/h6-7,12-13,15-16H,1-5,8-11,23H2,(H,24,27). The molecule has 0 saturated heterocycles. The van der Waals surface area contributed by atoms with E-state index in [2.05, 4.69) is 5.32 Å². The summed E-state index contributed by atoms with van der Waals surface area (Å²) in [5, 5.41) is 8.66. The van der Waals surface area contributed by atoms with E-state index in [1.807, 2.05) is 28.9 Å². The normalized spacial score (nSPS) is 22.7. The SMILES string of the molecule is NC1CCC(NC(=O)c2nn(-c3ccc(Cl)cc3)c3c2CCCCC3)CC1. The fourth-order valence-corrected chi connectivity index (χ4v) is 4.40. The molecule has 5 nitrogen and oxygen atoms in total. The molecule has 0 unspecified atom stereocenters. The molecule has 6 heteroatoms. The summed E-state index contributed by atoms with van der Waals surface area (Å²) >= 11 is 6.04. The number of nitrogens with two attached hydrogens (primary N) is 1. The fraction of sp³-hybridized carbons (Fsp3) is 0.524. The Morgan fingerprint density at radius 1 is 1.07 bits per heavy atom. The molecule has 4 rings (SSSR count). The number of carbonyl (C=O) groups excluding carboxylic acids is 1. The lowest BCUT2D eigenvalue weighted by atomic mass is 9.91. The van der Waals surface area contributed by atoms with Crippen molar-refractivity contribution in [2.75, 3.05) is 0 Å². The van der Waals surface area contributed by atoms with Crippen molar-refractivity contribution in [2.45, 2.75) is 69.9 Å². The van der Waals surface area contributed by atoms with Crippen molar-refractivity contribution in [3.8, 4) is 5.69 Å². The van der Waals surface area contributed by atoms with Crippen molar-refractivity contribution in [1.82, 2.24) is 15.1 Å². The number of benzene rings is 1. The number of carbonyl (C=O) groups is 1. The van der Waals surface area contributed by atoms with Crippen molar-refractivity contribution in [2.24, 2.45) is 5.73 Å². The van der Waals surface area contributed by atoms with Crippen molar-refractivity contribution < 1.29 is 4.79 Å². The number of rotatable bonds is 3. The maximum atomic E-state index is 13.0. The van der Waals surface area contributed by atoms with Gasteiger partial charge in [-0.05, 0) is 75.6 Å². The molecule has 1 fully saturated rings. The van der Waals surface area contributed by atoms with Crippen LogP contribution in [0.3, 0.4) is 0 Å². The van der Waals surface area contributed by atoms with Crippen LogP contribution in [-0.4, -0.2) is 27.8 Å². The molecule has 2 aliphatic carbocycles. The van der Waals surface area contributed by atoms with E-state index in [0.717, 1.165) is 62.6 Å². The third-order valence-corrected chi connectivity index (χ3v) is 6.08. The molecule has 0 atom stereocenters. The lowest BCUT2D eigenvalue weighted by molar-refractivity contribution is 0.0919. The number of nitrogens with zero attached hydrogens (tertiary/aromatic N) is 2. The highest BCUT2D eigenvalue weighted by molar-refractivity contribution is 6.30. The first-order chi connectivity index (χ1) is 13.1. The van der Waals surface area contributed by atoms with Crippen molar-refractivity contribution in [1.29, 1.82) is 0 Å². The van der Waals surface area contributed by atoms with E-state index in [1.54, 1.807) is 0 Å². The van der Waals surface area contributed by atoms with Gasteiger partial charge in [-0.3, -0.25) is 4.79 Å². The molecular formula is C21H27ClN4O. The minimum atomic E-state index is -0.0404. The number of halogens is 1. The fourth-order valence-electron chi connectivity index (χ4n) is 4.27. The Hall–Kier alpha value is -1.85. The Balaban J connectivity index is 1.63. The van der Waals surface area contributed by atoms with Gasteiger partial charge in [0.25, 0.3) is 5.91 Å². The highest BCUT2D eigenvalue weighted by Gasteiger charge is 2.27. The summed E-state index contributed by atoms with van der Waals surface area (Å²) in [6.45, 7) is 0. The number of hydrogen-bond donors (Lipinski definition) is 2. The van der Waals surface area contributed by atoms with E-state index in [4.69, 9.17) is 22.4 Å². The van der Waals surface area contributed by atoms with Gasteiger partial charge in [-0.2, -0.15) is 5.10 Å². The van der Waals surface area contributed by atoms with Crippen LogP contribution in [-0.2, 0) is 12.8 Å². The molecular weight excluding hydrogens is 360 g/mol. The summed E-state index contributed by atoms with van der Waals surface area (Å²) in [6, 6.07) is 8.15. The van der Waals surface area contributed by atoms with Crippen LogP contribution in [0.15, 0.2) is 24.3 Å². The molecule has 1 aromatic carbocycles. The van der Waals surface area contributed by atoms with Gasteiger partial charge in [0.05, 0.1) is 5.69 Å². The van der Waals surface area contributed by atoms with E-state index in [9.17, 15) is 4.79 Å². The molecule has 0 spiro atoms. The van der Waals surface area contributed by atoms with E-state index in [-0.39, 0.29) is 18.0 Å². The zero-order valence-electron chi connectivity index (χ0n) is 15.6. The Morgan fingerprint density at radius 2 is 1.78 bits per heavy atom. The average molecular weight is 387 g/mol. The molecule has 1 saturated carbocycles. The van der Waals surface area contributed by atoms with Gasteiger partial charge in [0.2, 0.25) is 0 Å². The van der Waals surface area contributed by atoms with E-state index >= 15 is 0 Å². The molecule has 2 aliphatic rings. The van der Waals surface area contributed by atoms with E-state index in [0.29, 0.717) is 10.7 Å². The smallest absolute Gasteiger partial charge is 0.272 e. The largest absolute Gasteiger partial charge is 0.348 e. The molecule has 1 heterocycles. The van der Waals surface area contributed by atoms with Crippen LogP contribution in [0, 0.1) is 0 Å². The summed E-state index contributed by atoms with van der Waals surface area (Å²) in [4.78, 5) is 13.0. The van der Waals surface area contributed by atoms with Crippen LogP contribution >= 0.6 is 11.6 Å². The first-order valence-corrected chi connectivity index (χ1v) is 10.4. The third kappa shape index (κ3) is 4.04. The van der Waals surface area contributed by atoms with Gasteiger partial charge in [-0.15, -0.1) is 0 Å². The van der Waals surface area contributed by atoms with Gasteiger partial charge in [0.15, 0.2) is 5.69 Å². The number of aromatic nitrogens is 2. The number of nitrogens with one attached hydrogen (secondary N) is 1. The van der Waals surface area contributed by atoms with Gasteiger partial charge in [0.1, 0.15) is 0 Å². The Bertz CT molecular complexity index is 806. The second kappa shape index (κ2) is 8.03. The van der Waals surface area contributed by atoms with Gasteiger partial charge in [-0.25, -0.2) is 4.68 Å². The van der Waals surface area contributed by atoms with E-state index in [1.165, 1.54) is 12.1 Å². The zero-order valence-corrected chi connectivity index (χ0v) is 16.3. The summed E-state index contributed by atoms with van der Waals surface area (Å²) in [6.07, 6.45) is 9.16. The Kier molecular flexibility index (Phi) is 5.50. The van der Waals surface area contributed by atoms with Crippen LogP contribution in [0.2, 0.25) is 5.02 Å². The molecule has 1 aromatic heterocycles. The van der Waals surface area contributed by atoms with Crippen LogP contribution in [0.4, 0.5) is 0 Å². The van der Waals surface area contributed by atoms with Gasteiger partial charge < -0.3 is 11.1 Å². The number of fused-ring (bicyclic) bond motifs is 1. The predicted octanol–water partition coefficient (Wildman–Crippen LogP) is 3.79. The highest BCUT2D eigenvalue weighted by atomic mass is 35.5. The second-order valence-electron chi connectivity index (χ2n) is 7.81. The van der Waals surface area contributed by atoms with Gasteiger partial charge in [0, 0.05) is 28.4 Å². The molecule has 27 heavy (non-hydrogen) atoms. The summed E-state index contributed by atoms with van der Waals surface area (Å²) in [5.41, 5.74) is 9.83. The monoisotopic (exact) mass is 386 g/mol. The molecule has 0 radical (unpaired) electrons. The first-order valence-electron chi connectivity index (χ1n) is 10.0. The molecule has 1 amide bonds. The van der Waals surface area contributed by atoms with Gasteiger partial charge >= 0.3 is 0 Å². The lowest BCUT2D eigenvalue weighted by Crippen LogP contribution is -2.40. The maximum absolute atomic E-state index is 13.0. The van der Waals surface area contributed by atoms with Crippen LogP contribution in [0.25, 0.3) is 5.69 Å². The van der Waals surface area contributed by atoms with Crippen molar-refractivity contribution >= 4 is 17.5 Å². The van der Waals surface area contributed by atoms with Crippen LogP contribution < -0.4 is 11.1 Å². The first kappa shape index (κ1) is 18.5. The zero-order chi connectivity index (χ0) is 18.8.